The molecule has 0 saturated heterocycles. The molecule has 4 N–H and O–H groups in total. The maximum absolute atomic E-state index is 11.6. The molecule has 6 nitrogen and oxygen atoms in total. The van der Waals surface area contributed by atoms with E-state index in [9.17, 15) is 9.90 Å². The van der Waals surface area contributed by atoms with Crippen LogP contribution >= 0.6 is 22.9 Å². The summed E-state index contributed by atoms with van der Waals surface area (Å²) in [5.41, 5.74) is 7.55. The van der Waals surface area contributed by atoms with E-state index >= 15 is 0 Å². The number of benzene rings is 2. The minimum atomic E-state index is -1.07. The van der Waals surface area contributed by atoms with Crippen LogP contribution in [0.2, 0.25) is 5.02 Å². The van der Waals surface area contributed by atoms with Gasteiger partial charge < -0.3 is 20.9 Å². The molecule has 3 aromatic rings. The van der Waals surface area contributed by atoms with Crippen molar-refractivity contribution < 1.29 is 14.6 Å². The van der Waals surface area contributed by atoms with E-state index in [1.165, 1.54) is 0 Å². The third-order valence-electron chi connectivity index (χ3n) is 3.40. The number of nitrogens with one attached hydrogen (secondary N) is 1. The van der Waals surface area contributed by atoms with Gasteiger partial charge in [0.25, 0.3) is 0 Å². The monoisotopic (exact) mass is 375 g/mol. The highest BCUT2D eigenvalue weighted by Crippen LogP contribution is 2.35. The van der Waals surface area contributed by atoms with E-state index in [0.717, 1.165) is 16.9 Å². The summed E-state index contributed by atoms with van der Waals surface area (Å²) in [6, 6.07) is 12.1. The molecular weight excluding hydrogens is 362 g/mol. The molecule has 8 heteroatoms. The number of ether oxygens (including phenoxy) is 1. The van der Waals surface area contributed by atoms with Crippen molar-refractivity contribution in [1.29, 1.82) is 0 Å². The Morgan fingerprint density at radius 2 is 2.00 bits per heavy atom. The standard InChI is InChI=1S/C17H14ClN3O3S/c1-24-11-5-2-9(3-6-11)16-21-15(14(25-16)17(22)23)20-13-8-10(19)4-7-12(13)18/h2-8,20H,19H2,1H3,(H,22,23). The summed E-state index contributed by atoms with van der Waals surface area (Å²) < 4.78 is 5.13. The molecule has 2 aromatic carbocycles. The molecule has 0 spiro atoms. The highest BCUT2D eigenvalue weighted by Gasteiger charge is 2.19. The minimum Gasteiger partial charge on any atom is -0.497 e. The lowest BCUT2D eigenvalue weighted by Gasteiger charge is -2.07. The number of aromatic nitrogens is 1. The first-order valence-electron chi connectivity index (χ1n) is 7.18. The van der Waals surface area contributed by atoms with Crippen molar-refractivity contribution in [3.63, 3.8) is 0 Å². The Labute approximate surface area is 152 Å². The quantitative estimate of drug-likeness (QED) is 0.568. The summed E-state index contributed by atoms with van der Waals surface area (Å²) in [4.78, 5) is 16.1. The van der Waals surface area contributed by atoms with Crippen LogP contribution in [0.15, 0.2) is 42.5 Å². The number of rotatable bonds is 5. The van der Waals surface area contributed by atoms with Crippen molar-refractivity contribution >= 4 is 46.1 Å². The Hall–Kier alpha value is -2.77. The minimum absolute atomic E-state index is 0.0873. The zero-order chi connectivity index (χ0) is 18.0. The Bertz CT molecular complexity index is 925. The molecule has 1 aromatic heterocycles. The number of anilines is 3. The number of carbonyl (C=O) groups is 1. The molecule has 0 atom stereocenters. The molecule has 128 valence electrons. The molecule has 0 aliphatic rings. The summed E-state index contributed by atoms with van der Waals surface area (Å²) in [5, 5.41) is 13.4. The van der Waals surface area contributed by atoms with Crippen molar-refractivity contribution in [2.24, 2.45) is 0 Å². The number of nitrogens with zero attached hydrogens (tertiary/aromatic N) is 1. The van der Waals surface area contributed by atoms with E-state index in [2.05, 4.69) is 10.3 Å². The van der Waals surface area contributed by atoms with Crippen LogP contribution in [0.25, 0.3) is 10.6 Å². The van der Waals surface area contributed by atoms with Gasteiger partial charge in [0.05, 0.1) is 17.8 Å². The number of aromatic carboxylic acids is 1. The summed E-state index contributed by atoms with van der Waals surface area (Å²) in [7, 11) is 1.58. The molecule has 3 rings (SSSR count). The predicted molar refractivity (Wildman–Crippen MR) is 100 cm³/mol. The van der Waals surface area contributed by atoms with Gasteiger partial charge in [0, 0.05) is 11.3 Å². The number of hydrogen-bond acceptors (Lipinski definition) is 6. The Balaban J connectivity index is 1.99. The molecule has 0 fully saturated rings. The van der Waals surface area contributed by atoms with Crippen LogP contribution in [0, 0.1) is 0 Å². The topological polar surface area (TPSA) is 97.5 Å². The van der Waals surface area contributed by atoms with Crippen molar-refractivity contribution in [3.05, 3.63) is 52.4 Å². The van der Waals surface area contributed by atoms with Gasteiger partial charge in [-0.25, -0.2) is 9.78 Å². The van der Waals surface area contributed by atoms with Crippen LogP contribution in [-0.4, -0.2) is 23.2 Å². The van der Waals surface area contributed by atoms with Crippen molar-refractivity contribution in [1.82, 2.24) is 4.98 Å². The van der Waals surface area contributed by atoms with E-state index in [1.807, 2.05) is 12.1 Å². The van der Waals surface area contributed by atoms with Crippen molar-refractivity contribution in [2.75, 3.05) is 18.2 Å². The maximum atomic E-state index is 11.6. The fourth-order valence-corrected chi connectivity index (χ4v) is 3.20. The van der Waals surface area contributed by atoms with Crippen LogP contribution in [0.5, 0.6) is 5.75 Å². The first-order chi connectivity index (χ1) is 12.0. The zero-order valence-electron chi connectivity index (χ0n) is 13.1. The average molecular weight is 376 g/mol. The van der Waals surface area contributed by atoms with Crippen LogP contribution < -0.4 is 15.8 Å². The largest absolute Gasteiger partial charge is 0.497 e. The molecule has 0 amide bonds. The molecule has 0 bridgehead atoms. The zero-order valence-corrected chi connectivity index (χ0v) is 14.7. The second-order valence-corrected chi connectivity index (χ2v) is 6.50. The highest BCUT2D eigenvalue weighted by atomic mass is 35.5. The van der Waals surface area contributed by atoms with E-state index in [1.54, 1.807) is 37.4 Å². The average Bonchev–Trinajstić information content (AvgIpc) is 3.02. The van der Waals surface area contributed by atoms with Gasteiger partial charge >= 0.3 is 5.97 Å². The van der Waals surface area contributed by atoms with Gasteiger partial charge in [-0.2, -0.15) is 0 Å². The number of methoxy groups -OCH3 is 1. The summed E-state index contributed by atoms with van der Waals surface area (Å²) in [6.07, 6.45) is 0. The number of carboxylic acid groups (broad SMARTS) is 1. The molecule has 25 heavy (non-hydrogen) atoms. The summed E-state index contributed by atoms with van der Waals surface area (Å²) in [5.74, 6) is -0.140. The van der Waals surface area contributed by atoms with Gasteiger partial charge in [-0.1, -0.05) is 11.6 Å². The molecule has 0 unspecified atom stereocenters. The van der Waals surface area contributed by atoms with Crippen molar-refractivity contribution in [3.8, 4) is 16.3 Å². The van der Waals surface area contributed by atoms with Crippen LogP contribution in [0.1, 0.15) is 9.67 Å². The lowest BCUT2D eigenvalue weighted by molar-refractivity contribution is 0.0703. The van der Waals surface area contributed by atoms with E-state index in [4.69, 9.17) is 22.1 Å². The number of nitrogen functional groups attached to an aromatic ring is 1. The molecule has 0 aliphatic heterocycles. The van der Waals surface area contributed by atoms with E-state index in [-0.39, 0.29) is 10.7 Å². The fraction of sp³-hybridized carbons (Fsp3) is 0.0588. The highest BCUT2D eigenvalue weighted by molar-refractivity contribution is 7.17. The van der Waals surface area contributed by atoms with E-state index < -0.39 is 5.97 Å². The first-order valence-corrected chi connectivity index (χ1v) is 8.38. The van der Waals surface area contributed by atoms with Crippen LogP contribution in [0.4, 0.5) is 17.2 Å². The maximum Gasteiger partial charge on any atom is 0.349 e. The fourth-order valence-electron chi connectivity index (χ4n) is 2.17. The Kier molecular flexibility index (Phi) is 4.78. The Morgan fingerprint density at radius 1 is 1.28 bits per heavy atom. The number of thiazole rings is 1. The molecule has 1 heterocycles. The summed E-state index contributed by atoms with van der Waals surface area (Å²) >= 11 is 7.21. The van der Waals surface area contributed by atoms with Gasteiger partial charge in [0.2, 0.25) is 0 Å². The third kappa shape index (κ3) is 3.67. The van der Waals surface area contributed by atoms with Gasteiger partial charge in [0.15, 0.2) is 10.7 Å². The molecule has 0 saturated carbocycles. The number of halogens is 1. The van der Waals surface area contributed by atoms with Crippen molar-refractivity contribution in [2.45, 2.75) is 0 Å². The second kappa shape index (κ2) is 7.00. The normalized spacial score (nSPS) is 10.5. The number of nitrogens with two attached hydrogens (primary N) is 1. The molecule has 0 radical (unpaired) electrons. The SMILES string of the molecule is COc1ccc(-c2nc(Nc3cc(N)ccc3Cl)c(C(=O)O)s2)cc1. The predicted octanol–water partition coefficient (Wildman–Crippen LogP) is 4.50. The lowest BCUT2D eigenvalue weighted by Crippen LogP contribution is -2.00. The van der Waals surface area contributed by atoms with Gasteiger partial charge in [-0.15, -0.1) is 11.3 Å². The molecular formula is C17H14ClN3O3S. The smallest absolute Gasteiger partial charge is 0.349 e. The van der Waals surface area contributed by atoms with Gasteiger partial charge in [-0.05, 0) is 42.5 Å². The summed E-state index contributed by atoms with van der Waals surface area (Å²) in [6.45, 7) is 0. The first kappa shape index (κ1) is 17.1. The third-order valence-corrected chi connectivity index (χ3v) is 4.82. The Morgan fingerprint density at radius 3 is 2.64 bits per heavy atom. The van der Waals surface area contributed by atoms with Gasteiger partial charge in [0.1, 0.15) is 10.8 Å². The second-order valence-electron chi connectivity index (χ2n) is 5.09. The van der Waals surface area contributed by atoms with Crippen LogP contribution in [-0.2, 0) is 0 Å². The van der Waals surface area contributed by atoms with E-state index in [0.29, 0.717) is 27.2 Å². The lowest BCUT2D eigenvalue weighted by atomic mass is 10.2. The van der Waals surface area contributed by atoms with Crippen LogP contribution in [0.3, 0.4) is 0 Å². The molecule has 0 aliphatic carbocycles. The van der Waals surface area contributed by atoms with Gasteiger partial charge in [-0.3, -0.25) is 0 Å². The number of hydrogen-bond donors (Lipinski definition) is 3. The number of carboxylic acids is 1.